The van der Waals surface area contributed by atoms with Crippen LogP contribution >= 0.6 is 0 Å². The highest BCUT2D eigenvalue weighted by Crippen LogP contribution is 2.37. The molecule has 1 unspecified atom stereocenters. The third-order valence-corrected chi connectivity index (χ3v) is 8.89. The van der Waals surface area contributed by atoms with E-state index in [1.807, 2.05) is 6.92 Å². The van der Waals surface area contributed by atoms with Gasteiger partial charge < -0.3 is 47.4 Å². The molecule has 0 N–H and O–H groups in total. The molecule has 2 fully saturated rings. The van der Waals surface area contributed by atoms with E-state index >= 15 is 0 Å². The first kappa shape index (κ1) is 42.0. The van der Waals surface area contributed by atoms with Crippen LogP contribution in [-0.2, 0) is 91.7 Å². The van der Waals surface area contributed by atoms with Crippen molar-refractivity contribution < 1.29 is 85.1 Å². The van der Waals surface area contributed by atoms with E-state index in [4.69, 9.17) is 47.4 Å². The first-order valence-electron chi connectivity index (χ1n) is 15.9. The van der Waals surface area contributed by atoms with Crippen LogP contribution in [0.25, 0.3) is 0 Å². The molecule has 0 aliphatic carbocycles. The molecule has 18 nitrogen and oxygen atoms in total. The van der Waals surface area contributed by atoms with Crippen LogP contribution < -0.4 is 0 Å². The van der Waals surface area contributed by atoms with Crippen molar-refractivity contribution in [3.05, 3.63) is 29.8 Å². The zero-order chi connectivity index (χ0) is 38.9. The molecule has 11 atom stereocenters. The fourth-order valence-electron chi connectivity index (χ4n) is 5.45. The van der Waals surface area contributed by atoms with E-state index in [2.05, 4.69) is 0 Å². The van der Waals surface area contributed by atoms with Gasteiger partial charge in [0.05, 0.1) is 10.8 Å². The van der Waals surface area contributed by atoms with Crippen molar-refractivity contribution >= 4 is 52.6 Å². The summed E-state index contributed by atoms with van der Waals surface area (Å²) in [5.74, 6) is -6.03. The first-order chi connectivity index (χ1) is 24.4. The Hall–Kier alpha value is -4.46. The second-order valence-corrected chi connectivity index (χ2v) is 13.3. The van der Waals surface area contributed by atoms with E-state index in [9.17, 15) is 37.8 Å². The molecule has 1 aromatic rings. The summed E-state index contributed by atoms with van der Waals surface area (Å²) in [5, 5.41) is 0. The highest BCUT2D eigenvalue weighted by Gasteiger charge is 2.58. The summed E-state index contributed by atoms with van der Waals surface area (Å²) in [5.41, 5.74) is -0.683. The van der Waals surface area contributed by atoms with E-state index in [0.29, 0.717) is 0 Å². The second kappa shape index (κ2) is 18.9. The van der Waals surface area contributed by atoms with Crippen LogP contribution in [0.2, 0.25) is 0 Å². The number of aryl methyl sites for hydroxylation is 1. The predicted octanol–water partition coefficient (Wildman–Crippen LogP) is 0.722. The van der Waals surface area contributed by atoms with Gasteiger partial charge in [-0.25, -0.2) is 0 Å². The normalized spacial score (nSPS) is 29.0. The molecule has 0 spiro atoms. The van der Waals surface area contributed by atoms with E-state index in [-0.39, 0.29) is 4.90 Å². The Morgan fingerprint density at radius 2 is 0.942 bits per heavy atom. The van der Waals surface area contributed by atoms with Crippen molar-refractivity contribution in [1.29, 1.82) is 0 Å². The minimum Gasteiger partial charge on any atom is -0.463 e. The van der Waals surface area contributed by atoms with Gasteiger partial charge in [0.2, 0.25) is 0 Å². The lowest BCUT2D eigenvalue weighted by atomic mass is 9.96. The van der Waals surface area contributed by atoms with Gasteiger partial charge in [-0.1, -0.05) is 17.7 Å². The van der Waals surface area contributed by atoms with Crippen LogP contribution in [0.1, 0.15) is 54.0 Å². The van der Waals surface area contributed by atoms with Crippen LogP contribution in [-0.4, -0.2) is 120 Å². The molecule has 0 amide bonds. The number of benzene rings is 1. The van der Waals surface area contributed by atoms with Crippen molar-refractivity contribution in [2.24, 2.45) is 0 Å². The number of ether oxygens (including phenoxy) is 10. The van der Waals surface area contributed by atoms with E-state index in [1.54, 1.807) is 24.3 Å². The molecule has 288 valence electrons. The van der Waals surface area contributed by atoms with Gasteiger partial charge in [0.1, 0.15) is 31.5 Å². The molecule has 2 saturated heterocycles. The van der Waals surface area contributed by atoms with Crippen molar-refractivity contribution in [3.63, 3.8) is 0 Å². The van der Waals surface area contributed by atoms with Crippen LogP contribution in [0.15, 0.2) is 29.2 Å². The Kier molecular flexibility index (Phi) is 15.2. The fourth-order valence-corrected chi connectivity index (χ4v) is 6.82. The lowest BCUT2D eigenvalue weighted by Crippen LogP contribution is -2.67. The largest absolute Gasteiger partial charge is 0.463 e. The minimum absolute atomic E-state index is 0.250. The summed E-state index contributed by atoms with van der Waals surface area (Å²) in [7, 11) is -2.11. The maximum Gasteiger partial charge on any atom is 0.303 e. The van der Waals surface area contributed by atoms with Crippen LogP contribution in [0.5, 0.6) is 0 Å². The van der Waals surface area contributed by atoms with E-state index in [1.165, 1.54) is 0 Å². The smallest absolute Gasteiger partial charge is 0.303 e. The topological polar surface area (TPSA) is 229 Å². The maximum absolute atomic E-state index is 14.0. The second-order valence-electron chi connectivity index (χ2n) is 11.8. The lowest BCUT2D eigenvalue weighted by Gasteiger charge is -2.48. The summed E-state index contributed by atoms with van der Waals surface area (Å²) in [6.07, 6.45) is -14.5. The Morgan fingerprint density at radius 1 is 0.538 bits per heavy atom. The van der Waals surface area contributed by atoms with E-state index in [0.717, 1.165) is 54.0 Å². The lowest BCUT2D eigenvalue weighted by molar-refractivity contribution is -0.341. The number of carbonyl (C=O) groups is 7. The summed E-state index contributed by atoms with van der Waals surface area (Å²) >= 11 is 0. The molecule has 0 bridgehead atoms. The summed E-state index contributed by atoms with van der Waals surface area (Å²) in [6, 6.07) is 6.49. The van der Waals surface area contributed by atoms with Crippen molar-refractivity contribution in [1.82, 2.24) is 0 Å². The minimum atomic E-state index is -2.11. The summed E-state index contributed by atoms with van der Waals surface area (Å²) in [6.45, 7) is 8.01. The Morgan fingerprint density at radius 3 is 1.40 bits per heavy atom. The molecule has 2 heterocycles. The van der Waals surface area contributed by atoms with Crippen molar-refractivity contribution in [2.45, 2.75) is 121 Å². The summed E-state index contributed by atoms with van der Waals surface area (Å²) < 4.78 is 70.4. The molecule has 0 radical (unpaired) electrons. The van der Waals surface area contributed by atoms with Gasteiger partial charge in [-0.15, -0.1) is 0 Å². The number of hydrogen-bond donors (Lipinski definition) is 0. The molecule has 0 saturated carbocycles. The van der Waals surface area contributed by atoms with Gasteiger partial charge in [-0.05, 0) is 19.1 Å². The zero-order valence-electron chi connectivity index (χ0n) is 29.8. The van der Waals surface area contributed by atoms with Gasteiger partial charge in [0.15, 0.2) is 42.2 Å². The fraction of sp³-hybridized carbons (Fsp3) is 0.606. The molecule has 1 aromatic carbocycles. The van der Waals surface area contributed by atoms with Gasteiger partial charge in [0.25, 0.3) is 0 Å². The summed E-state index contributed by atoms with van der Waals surface area (Å²) in [4.78, 5) is 86.0. The van der Waals surface area contributed by atoms with Crippen molar-refractivity contribution in [3.8, 4) is 0 Å². The first-order valence-corrected chi connectivity index (χ1v) is 17.2. The third kappa shape index (κ3) is 11.8. The third-order valence-electron chi connectivity index (χ3n) is 7.35. The molecular weight excluding hydrogens is 716 g/mol. The molecule has 52 heavy (non-hydrogen) atoms. The molecular formula is C33H42O18S. The molecule has 3 rings (SSSR count). The zero-order valence-corrected chi connectivity index (χ0v) is 30.6. The molecule has 2 aliphatic heterocycles. The number of hydrogen-bond acceptors (Lipinski definition) is 18. The van der Waals surface area contributed by atoms with Gasteiger partial charge in [0, 0.05) is 53.4 Å². The Balaban J connectivity index is 2.20. The number of carbonyl (C=O) groups excluding carboxylic acids is 7. The molecule has 0 aromatic heterocycles. The van der Waals surface area contributed by atoms with Crippen LogP contribution in [0.4, 0.5) is 0 Å². The van der Waals surface area contributed by atoms with Gasteiger partial charge in [-0.2, -0.15) is 0 Å². The van der Waals surface area contributed by atoms with Crippen molar-refractivity contribution in [2.75, 3.05) is 13.2 Å². The molecule has 2 aliphatic rings. The van der Waals surface area contributed by atoms with E-state index < -0.39 is 126 Å². The quantitative estimate of drug-likeness (QED) is 0.199. The monoisotopic (exact) mass is 758 g/mol. The predicted molar refractivity (Wildman–Crippen MR) is 171 cm³/mol. The Bertz CT molecular complexity index is 1510. The standard InChI is InChI=1S/C33H42O18S/c1-15-9-11-23(12-10-15)52(41)33-31(48-22(8)40)29(46-20(6)38)27(25(50-33)14-43-17(3)35)51-32-30(47-21(7)39)28(45-19(5)37)26(44-18(4)36)24(49-32)13-42-16(2)34/h9-12,24-33H,13-14H2,1-8H3/t24-,25-,26+,27-,28+,29+,30-,31-,32+,33+,52?/m1/s1. The van der Waals surface area contributed by atoms with Crippen LogP contribution in [0.3, 0.4) is 0 Å². The maximum atomic E-state index is 14.0. The Labute approximate surface area is 301 Å². The van der Waals surface area contributed by atoms with Gasteiger partial charge in [-0.3, -0.25) is 37.8 Å². The average molecular weight is 759 g/mol. The number of rotatable bonds is 13. The molecule has 19 heteroatoms. The highest BCUT2D eigenvalue weighted by atomic mass is 32.2. The average Bonchev–Trinajstić information content (AvgIpc) is 3.02. The van der Waals surface area contributed by atoms with Gasteiger partial charge >= 0.3 is 41.8 Å². The van der Waals surface area contributed by atoms with Crippen LogP contribution in [0, 0.1) is 6.92 Å². The highest BCUT2D eigenvalue weighted by molar-refractivity contribution is 7.85. The number of esters is 7. The SMILES string of the molecule is CC(=O)OC[C@H]1O[C@@H](O[C@H]2[C@H](OC(C)=O)[C@@H](OC(C)=O)[C@H](S(=O)c3ccc(C)cc3)O[C@@H]2COC(C)=O)[C@H](OC(C)=O)[C@@H](OC(C)=O)[C@H]1OC(C)=O.